The zero-order valence-electron chi connectivity index (χ0n) is 11.8. The van der Waals surface area contributed by atoms with Crippen molar-refractivity contribution in [3.63, 3.8) is 0 Å². The van der Waals surface area contributed by atoms with Gasteiger partial charge in [0.15, 0.2) is 0 Å². The number of rotatable bonds is 4. The molecule has 3 unspecified atom stereocenters. The van der Waals surface area contributed by atoms with Crippen LogP contribution in [0.1, 0.15) is 47.0 Å². The fraction of sp³-hybridized carbons (Fsp3) is 0.857. The minimum absolute atomic E-state index is 0.000234. The van der Waals surface area contributed by atoms with Crippen molar-refractivity contribution in [2.24, 2.45) is 11.8 Å². The standard InChI is InChI=1S/C14H24N2O2/c1-8(2)12-13(17)15-10(4)14(18)16(12)9(3)7-11-5-6-11/h8-12H,5-7H2,1-4H3,(H,15,17). The van der Waals surface area contributed by atoms with Gasteiger partial charge < -0.3 is 10.2 Å². The molecule has 2 amide bonds. The highest BCUT2D eigenvalue weighted by Crippen LogP contribution is 2.35. The molecule has 102 valence electrons. The van der Waals surface area contributed by atoms with Gasteiger partial charge in [-0.3, -0.25) is 9.59 Å². The van der Waals surface area contributed by atoms with Gasteiger partial charge in [0.1, 0.15) is 12.1 Å². The Labute approximate surface area is 109 Å². The number of piperazine rings is 1. The predicted molar refractivity (Wildman–Crippen MR) is 69.9 cm³/mol. The van der Waals surface area contributed by atoms with Crippen LogP contribution in [0.25, 0.3) is 0 Å². The lowest BCUT2D eigenvalue weighted by atomic mass is 9.94. The Kier molecular flexibility index (Phi) is 3.64. The van der Waals surface area contributed by atoms with Gasteiger partial charge in [-0.15, -0.1) is 0 Å². The van der Waals surface area contributed by atoms with Gasteiger partial charge in [-0.1, -0.05) is 26.7 Å². The molecule has 0 radical (unpaired) electrons. The Morgan fingerprint density at radius 1 is 1.28 bits per heavy atom. The van der Waals surface area contributed by atoms with Crippen molar-refractivity contribution >= 4 is 11.8 Å². The average molecular weight is 252 g/mol. The number of carbonyl (C=O) groups is 2. The SMILES string of the molecule is CC1NC(=O)C(C(C)C)N(C(C)CC2CC2)C1=O. The summed E-state index contributed by atoms with van der Waals surface area (Å²) in [5, 5.41) is 2.78. The van der Waals surface area contributed by atoms with Crippen LogP contribution < -0.4 is 5.32 Å². The molecule has 0 aromatic carbocycles. The van der Waals surface area contributed by atoms with E-state index in [0.29, 0.717) is 0 Å². The van der Waals surface area contributed by atoms with Crippen LogP contribution in [0.4, 0.5) is 0 Å². The van der Waals surface area contributed by atoms with Crippen molar-refractivity contribution in [2.45, 2.75) is 65.1 Å². The average Bonchev–Trinajstić information content (AvgIpc) is 3.05. The molecule has 2 rings (SSSR count). The molecule has 1 saturated heterocycles. The Bertz CT molecular complexity index is 350. The van der Waals surface area contributed by atoms with Gasteiger partial charge in [-0.2, -0.15) is 0 Å². The molecule has 1 N–H and O–H groups in total. The van der Waals surface area contributed by atoms with E-state index < -0.39 is 0 Å². The van der Waals surface area contributed by atoms with Crippen LogP contribution in [-0.4, -0.2) is 34.8 Å². The topological polar surface area (TPSA) is 49.4 Å². The molecule has 1 heterocycles. The van der Waals surface area contributed by atoms with E-state index in [-0.39, 0.29) is 35.9 Å². The molecule has 1 saturated carbocycles. The lowest BCUT2D eigenvalue weighted by molar-refractivity contribution is -0.153. The maximum atomic E-state index is 12.3. The van der Waals surface area contributed by atoms with Crippen molar-refractivity contribution in [3.8, 4) is 0 Å². The van der Waals surface area contributed by atoms with Crippen molar-refractivity contribution in [1.82, 2.24) is 10.2 Å². The third kappa shape index (κ3) is 2.52. The summed E-state index contributed by atoms with van der Waals surface area (Å²) >= 11 is 0. The van der Waals surface area contributed by atoms with Gasteiger partial charge in [0, 0.05) is 6.04 Å². The van der Waals surface area contributed by atoms with E-state index in [2.05, 4.69) is 12.2 Å². The summed E-state index contributed by atoms with van der Waals surface area (Å²) in [5.41, 5.74) is 0. The maximum absolute atomic E-state index is 12.3. The Balaban J connectivity index is 2.17. The quantitative estimate of drug-likeness (QED) is 0.825. The Morgan fingerprint density at radius 3 is 2.39 bits per heavy atom. The minimum Gasteiger partial charge on any atom is -0.343 e. The number of carbonyl (C=O) groups excluding carboxylic acids is 2. The first kappa shape index (κ1) is 13.4. The van der Waals surface area contributed by atoms with Crippen molar-refractivity contribution in [3.05, 3.63) is 0 Å². The van der Waals surface area contributed by atoms with E-state index in [1.54, 1.807) is 6.92 Å². The number of hydrogen-bond donors (Lipinski definition) is 1. The van der Waals surface area contributed by atoms with Crippen molar-refractivity contribution in [1.29, 1.82) is 0 Å². The van der Waals surface area contributed by atoms with Gasteiger partial charge in [0.2, 0.25) is 11.8 Å². The number of nitrogens with zero attached hydrogens (tertiary/aromatic N) is 1. The van der Waals surface area contributed by atoms with Gasteiger partial charge in [-0.05, 0) is 32.1 Å². The fourth-order valence-corrected chi connectivity index (χ4v) is 2.91. The molecule has 2 fully saturated rings. The highest BCUT2D eigenvalue weighted by Gasteiger charge is 2.43. The predicted octanol–water partition coefficient (Wildman–Crippen LogP) is 1.55. The summed E-state index contributed by atoms with van der Waals surface area (Å²) < 4.78 is 0. The van der Waals surface area contributed by atoms with Gasteiger partial charge >= 0.3 is 0 Å². The summed E-state index contributed by atoms with van der Waals surface area (Å²) in [6.07, 6.45) is 3.59. The van der Waals surface area contributed by atoms with Crippen LogP contribution >= 0.6 is 0 Å². The van der Waals surface area contributed by atoms with E-state index in [4.69, 9.17) is 0 Å². The lowest BCUT2D eigenvalue weighted by Gasteiger charge is -2.43. The normalized spacial score (nSPS) is 30.6. The molecule has 0 aromatic rings. The van der Waals surface area contributed by atoms with Crippen LogP contribution in [0.5, 0.6) is 0 Å². The Hall–Kier alpha value is -1.06. The van der Waals surface area contributed by atoms with E-state index >= 15 is 0 Å². The van der Waals surface area contributed by atoms with E-state index in [9.17, 15) is 9.59 Å². The molecule has 18 heavy (non-hydrogen) atoms. The molecule has 1 aliphatic heterocycles. The van der Waals surface area contributed by atoms with Crippen molar-refractivity contribution < 1.29 is 9.59 Å². The lowest BCUT2D eigenvalue weighted by Crippen LogP contribution is -2.66. The Morgan fingerprint density at radius 2 is 1.89 bits per heavy atom. The van der Waals surface area contributed by atoms with Crippen LogP contribution in [0.2, 0.25) is 0 Å². The van der Waals surface area contributed by atoms with Crippen LogP contribution in [-0.2, 0) is 9.59 Å². The fourth-order valence-electron chi connectivity index (χ4n) is 2.91. The van der Waals surface area contributed by atoms with E-state index in [1.165, 1.54) is 12.8 Å². The summed E-state index contributed by atoms with van der Waals surface area (Å²) in [6.45, 7) is 7.86. The van der Waals surface area contributed by atoms with Gasteiger partial charge in [0.05, 0.1) is 0 Å². The second-order valence-electron chi connectivity index (χ2n) is 6.19. The first-order chi connectivity index (χ1) is 8.41. The van der Waals surface area contributed by atoms with Crippen molar-refractivity contribution in [2.75, 3.05) is 0 Å². The molecule has 0 aromatic heterocycles. The van der Waals surface area contributed by atoms with Crippen LogP contribution in [0.15, 0.2) is 0 Å². The third-order valence-corrected chi connectivity index (χ3v) is 4.03. The first-order valence-corrected chi connectivity index (χ1v) is 7.04. The van der Waals surface area contributed by atoms with Crippen LogP contribution in [0.3, 0.4) is 0 Å². The molecule has 2 aliphatic rings. The summed E-state index contributed by atoms with van der Waals surface area (Å²) in [4.78, 5) is 26.3. The zero-order chi connectivity index (χ0) is 13.4. The second kappa shape index (κ2) is 4.90. The largest absolute Gasteiger partial charge is 0.343 e. The second-order valence-corrected chi connectivity index (χ2v) is 6.19. The summed E-state index contributed by atoms with van der Waals surface area (Å²) in [7, 11) is 0. The van der Waals surface area contributed by atoms with Gasteiger partial charge in [0.25, 0.3) is 0 Å². The van der Waals surface area contributed by atoms with Crippen LogP contribution in [0, 0.1) is 11.8 Å². The summed E-state index contributed by atoms with van der Waals surface area (Å²) in [5.74, 6) is 0.991. The molecule has 1 aliphatic carbocycles. The molecule has 0 bridgehead atoms. The molecule has 0 spiro atoms. The molecule has 3 atom stereocenters. The van der Waals surface area contributed by atoms with E-state index in [1.807, 2.05) is 18.7 Å². The smallest absolute Gasteiger partial charge is 0.245 e. The highest BCUT2D eigenvalue weighted by atomic mass is 16.2. The highest BCUT2D eigenvalue weighted by molar-refractivity contribution is 5.97. The zero-order valence-corrected chi connectivity index (χ0v) is 11.8. The maximum Gasteiger partial charge on any atom is 0.245 e. The minimum atomic E-state index is -0.380. The molecular formula is C14H24N2O2. The van der Waals surface area contributed by atoms with E-state index in [0.717, 1.165) is 12.3 Å². The molecule has 4 nitrogen and oxygen atoms in total. The number of amides is 2. The van der Waals surface area contributed by atoms with Gasteiger partial charge in [-0.25, -0.2) is 0 Å². The monoisotopic (exact) mass is 252 g/mol. The third-order valence-electron chi connectivity index (χ3n) is 4.03. The molecule has 4 heteroatoms. The first-order valence-electron chi connectivity index (χ1n) is 7.04. The summed E-state index contributed by atoms with van der Waals surface area (Å²) in [6, 6.07) is -0.512. The number of nitrogens with one attached hydrogen (secondary N) is 1. The molecular weight excluding hydrogens is 228 g/mol. The number of hydrogen-bond acceptors (Lipinski definition) is 2.